The van der Waals surface area contributed by atoms with Crippen LogP contribution in [0.25, 0.3) is 33.5 Å². The van der Waals surface area contributed by atoms with Crippen molar-refractivity contribution in [2.45, 2.75) is 46.0 Å². The summed E-state index contributed by atoms with van der Waals surface area (Å²) in [6.07, 6.45) is 5.21. The quantitative estimate of drug-likeness (QED) is 0.421. The van der Waals surface area contributed by atoms with E-state index in [-0.39, 0.29) is 0 Å². The fraction of sp³-hybridized carbons (Fsp3) is 0.320. The number of fused-ring (bicyclic) bond motifs is 3. The van der Waals surface area contributed by atoms with Gasteiger partial charge in [-0.15, -0.1) is 0 Å². The van der Waals surface area contributed by atoms with Gasteiger partial charge in [0.05, 0.1) is 29.8 Å². The van der Waals surface area contributed by atoms with Crippen molar-refractivity contribution >= 4 is 0 Å². The largest absolute Gasteiger partial charge is 0.496 e. The van der Waals surface area contributed by atoms with Crippen LogP contribution in [-0.2, 0) is 6.42 Å². The van der Waals surface area contributed by atoms with Gasteiger partial charge in [0.2, 0.25) is 0 Å². The van der Waals surface area contributed by atoms with Gasteiger partial charge in [0, 0.05) is 34.5 Å². The number of nitrogens with zero attached hydrogens (tertiary/aromatic N) is 3. The first-order chi connectivity index (χ1) is 15.1. The summed E-state index contributed by atoms with van der Waals surface area (Å²) in [6, 6.07) is 6.52. The van der Waals surface area contributed by atoms with Gasteiger partial charge in [-0.3, -0.25) is 10.1 Å². The van der Waals surface area contributed by atoms with Crippen molar-refractivity contribution in [1.82, 2.24) is 20.3 Å². The molecule has 156 valence electrons. The molecule has 3 heterocycles. The lowest BCUT2D eigenvalue weighted by atomic mass is 9.94. The SMILES string of the molecule is COc1cc2c(cc1-c1c(C)noc1C)Cc1ccnc(-c3c(C4CC4)n[nH]c3C)c1-2. The first-order valence-corrected chi connectivity index (χ1v) is 10.7. The molecule has 1 aromatic carbocycles. The van der Waals surface area contributed by atoms with E-state index in [0.29, 0.717) is 5.92 Å². The summed E-state index contributed by atoms with van der Waals surface area (Å²) in [7, 11) is 1.72. The lowest BCUT2D eigenvalue weighted by Crippen LogP contribution is -1.95. The maximum Gasteiger partial charge on any atom is 0.141 e. The normalized spacial score (nSPS) is 14.6. The van der Waals surface area contributed by atoms with Crippen molar-refractivity contribution in [2.24, 2.45) is 0 Å². The molecule has 0 spiro atoms. The Hall–Kier alpha value is -3.41. The van der Waals surface area contributed by atoms with Crippen LogP contribution in [0.3, 0.4) is 0 Å². The van der Waals surface area contributed by atoms with Gasteiger partial charge in [-0.1, -0.05) is 5.16 Å². The minimum atomic E-state index is 0.551. The van der Waals surface area contributed by atoms with Gasteiger partial charge in [-0.25, -0.2) is 0 Å². The van der Waals surface area contributed by atoms with Gasteiger partial charge in [-0.05, 0) is 74.9 Å². The van der Waals surface area contributed by atoms with Crippen molar-refractivity contribution < 1.29 is 9.26 Å². The van der Waals surface area contributed by atoms with E-state index in [0.717, 1.165) is 51.8 Å². The standard InChI is InChI=1S/C25H24N4O2/c1-12-22(24(28-27-12)15-5-6-15)25-23-16(7-8-26-25)9-17-10-19(20(30-4)11-18(17)23)21-13(2)29-31-14(21)3/h7-8,10-11,15H,5-6,9H2,1-4H3,(H,27,28). The van der Waals surface area contributed by atoms with Crippen LogP contribution in [0.5, 0.6) is 5.75 Å². The van der Waals surface area contributed by atoms with Gasteiger partial charge in [-0.2, -0.15) is 5.10 Å². The van der Waals surface area contributed by atoms with Gasteiger partial charge < -0.3 is 9.26 Å². The van der Waals surface area contributed by atoms with E-state index in [1.807, 2.05) is 20.0 Å². The molecule has 0 radical (unpaired) electrons. The molecule has 1 fully saturated rings. The molecule has 6 nitrogen and oxygen atoms in total. The number of nitrogens with one attached hydrogen (secondary N) is 1. The van der Waals surface area contributed by atoms with Crippen LogP contribution in [0.15, 0.2) is 28.9 Å². The van der Waals surface area contributed by atoms with Crippen LogP contribution in [-0.4, -0.2) is 27.4 Å². The molecule has 0 saturated heterocycles. The molecular weight excluding hydrogens is 388 g/mol. The molecule has 0 bridgehead atoms. The number of pyridine rings is 1. The molecule has 4 aromatic rings. The first kappa shape index (κ1) is 18.4. The summed E-state index contributed by atoms with van der Waals surface area (Å²) in [6.45, 7) is 6.00. The smallest absolute Gasteiger partial charge is 0.141 e. The Kier molecular flexibility index (Phi) is 3.88. The third kappa shape index (κ3) is 2.67. The Morgan fingerprint density at radius 2 is 1.87 bits per heavy atom. The highest BCUT2D eigenvalue weighted by Gasteiger charge is 2.33. The maximum absolute atomic E-state index is 5.84. The number of hydrogen-bond acceptors (Lipinski definition) is 5. The van der Waals surface area contributed by atoms with Crippen molar-refractivity contribution in [3.8, 4) is 39.3 Å². The molecular formula is C25H24N4O2. The number of H-pyrrole nitrogens is 1. The van der Waals surface area contributed by atoms with Crippen molar-refractivity contribution in [1.29, 1.82) is 0 Å². The number of aromatic amines is 1. The van der Waals surface area contributed by atoms with E-state index in [2.05, 4.69) is 40.5 Å². The van der Waals surface area contributed by atoms with E-state index in [9.17, 15) is 0 Å². The minimum absolute atomic E-state index is 0.551. The molecule has 0 aliphatic heterocycles. The molecule has 3 aromatic heterocycles. The molecule has 1 N–H and O–H groups in total. The summed E-state index contributed by atoms with van der Waals surface area (Å²) < 4.78 is 11.3. The fourth-order valence-corrected chi connectivity index (χ4v) is 4.98. The molecule has 31 heavy (non-hydrogen) atoms. The number of methoxy groups -OCH3 is 1. The Morgan fingerprint density at radius 3 is 2.58 bits per heavy atom. The summed E-state index contributed by atoms with van der Waals surface area (Å²) in [5, 5.41) is 12.0. The number of rotatable bonds is 4. The zero-order valence-corrected chi connectivity index (χ0v) is 18.2. The fourth-order valence-electron chi connectivity index (χ4n) is 4.98. The Bertz CT molecular complexity index is 1320. The molecule has 0 unspecified atom stereocenters. The lowest BCUT2D eigenvalue weighted by molar-refractivity contribution is 0.393. The van der Waals surface area contributed by atoms with E-state index in [4.69, 9.17) is 14.2 Å². The summed E-state index contributed by atoms with van der Waals surface area (Å²) in [5.74, 6) is 2.17. The third-order valence-corrected chi connectivity index (χ3v) is 6.59. The summed E-state index contributed by atoms with van der Waals surface area (Å²) in [4.78, 5) is 4.85. The Morgan fingerprint density at radius 1 is 1.03 bits per heavy atom. The molecule has 6 heteroatoms. The highest BCUT2D eigenvalue weighted by molar-refractivity contribution is 5.92. The van der Waals surface area contributed by atoms with Crippen LogP contribution < -0.4 is 4.74 Å². The number of hydrogen-bond donors (Lipinski definition) is 1. The zero-order valence-electron chi connectivity index (χ0n) is 18.2. The molecule has 0 amide bonds. The van der Waals surface area contributed by atoms with Crippen LogP contribution in [0.2, 0.25) is 0 Å². The van der Waals surface area contributed by atoms with Crippen molar-refractivity contribution in [2.75, 3.05) is 7.11 Å². The van der Waals surface area contributed by atoms with Crippen molar-refractivity contribution in [3.05, 3.63) is 58.4 Å². The van der Waals surface area contributed by atoms with Crippen LogP contribution >= 0.6 is 0 Å². The number of benzene rings is 1. The summed E-state index contributed by atoms with van der Waals surface area (Å²) in [5.41, 5.74) is 12.3. The molecule has 2 aliphatic carbocycles. The van der Waals surface area contributed by atoms with E-state index >= 15 is 0 Å². The van der Waals surface area contributed by atoms with Crippen LogP contribution in [0, 0.1) is 20.8 Å². The van der Waals surface area contributed by atoms with Gasteiger partial charge in [0.1, 0.15) is 11.5 Å². The second kappa shape index (κ2) is 6.54. The predicted molar refractivity (Wildman–Crippen MR) is 118 cm³/mol. The predicted octanol–water partition coefficient (Wildman–Crippen LogP) is 5.51. The third-order valence-electron chi connectivity index (χ3n) is 6.59. The maximum atomic E-state index is 5.84. The van der Waals surface area contributed by atoms with Crippen LogP contribution in [0.4, 0.5) is 0 Å². The van der Waals surface area contributed by atoms with Gasteiger partial charge in [0.25, 0.3) is 0 Å². The second-order valence-corrected chi connectivity index (χ2v) is 8.66. The number of ether oxygens (including phenoxy) is 1. The van der Waals surface area contributed by atoms with E-state index in [1.165, 1.54) is 40.7 Å². The number of aryl methyl sites for hydroxylation is 3. The molecule has 2 aliphatic rings. The summed E-state index contributed by atoms with van der Waals surface area (Å²) >= 11 is 0. The highest BCUT2D eigenvalue weighted by Crippen LogP contribution is 2.50. The topological polar surface area (TPSA) is 76.8 Å². The number of aromatic nitrogens is 4. The molecule has 0 atom stereocenters. The van der Waals surface area contributed by atoms with Crippen LogP contribution in [0.1, 0.15) is 52.7 Å². The van der Waals surface area contributed by atoms with E-state index < -0.39 is 0 Å². The first-order valence-electron chi connectivity index (χ1n) is 10.7. The van der Waals surface area contributed by atoms with Crippen molar-refractivity contribution in [3.63, 3.8) is 0 Å². The Labute approximate surface area is 180 Å². The van der Waals surface area contributed by atoms with Gasteiger partial charge >= 0.3 is 0 Å². The monoisotopic (exact) mass is 412 g/mol. The average molecular weight is 412 g/mol. The molecule has 1 saturated carbocycles. The Balaban J connectivity index is 1.57. The van der Waals surface area contributed by atoms with E-state index in [1.54, 1.807) is 7.11 Å². The highest BCUT2D eigenvalue weighted by atomic mass is 16.5. The second-order valence-electron chi connectivity index (χ2n) is 8.66. The zero-order chi connectivity index (χ0) is 21.3. The average Bonchev–Trinajstić information content (AvgIpc) is 3.32. The minimum Gasteiger partial charge on any atom is -0.496 e. The molecule has 6 rings (SSSR count). The lowest BCUT2D eigenvalue weighted by Gasteiger charge is -2.13. The van der Waals surface area contributed by atoms with Gasteiger partial charge in [0.15, 0.2) is 0 Å².